The number of nitrogens with one attached hydrogen (secondary N) is 2. The quantitative estimate of drug-likeness (QED) is 0.468. The number of carbonyl (C=O) groups is 2. The fraction of sp³-hybridized carbons (Fsp3) is 0.286. The predicted octanol–water partition coefficient (Wildman–Crippen LogP) is 4.59. The topological polar surface area (TPSA) is 95.6 Å². The first kappa shape index (κ1) is 25.6. The molecule has 0 saturated carbocycles. The van der Waals surface area contributed by atoms with Gasteiger partial charge in [0.25, 0.3) is 0 Å². The number of amides is 2. The van der Waals surface area contributed by atoms with Gasteiger partial charge in [0.05, 0.1) is 17.0 Å². The van der Waals surface area contributed by atoms with Gasteiger partial charge in [-0.2, -0.15) is 4.31 Å². The number of nitrogens with zero attached hydrogens (tertiary/aromatic N) is 1. The molecule has 0 aliphatic carbocycles. The molecule has 8 heteroatoms. The van der Waals surface area contributed by atoms with Crippen molar-refractivity contribution in [3.63, 3.8) is 0 Å². The third kappa shape index (κ3) is 5.66. The SMILES string of the molecule is CCC(=O)Nc1ccc(S(=O)(=O)N2CCc3ccccc3[C@@H]2CC(=O)N[C@@H](C)c2ccccc2)cc1. The molecule has 2 atom stereocenters. The highest BCUT2D eigenvalue weighted by Crippen LogP contribution is 2.36. The Morgan fingerprint density at radius 2 is 1.61 bits per heavy atom. The third-order valence-corrected chi connectivity index (χ3v) is 8.41. The molecule has 1 aliphatic heterocycles. The van der Waals surface area contributed by atoms with Crippen LogP contribution in [0.2, 0.25) is 0 Å². The van der Waals surface area contributed by atoms with Gasteiger partial charge in [-0.05, 0) is 54.3 Å². The van der Waals surface area contributed by atoms with Crippen LogP contribution in [0.3, 0.4) is 0 Å². The van der Waals surface area contributed by atoms with Crippen LogP contribution >= 0.6 is 0 Å². The molecule has 1 heterocycles. The molecule has 0 fully saturated rings. The fourth-order valence-corrected chi connectivity index (χ4v) is 6.13. The van der Waals surface area contributed by atoms with E-state index in [1.165, 1.54) is 16.4 Å². The van der Waals surface area contributed by atoms with Crippen LogP contribution < -0.4 is 10.6 Å². The minimum Gasteiger partial charge on any atom is -0.350 e. The van der Waals surface area contributed by atoms with Gasteiger partial charge in [0.1, 0.15) is 0 Å². The molecule has 0 saturated heterocycles. The maximum absolute atomic E-state index is 13.7. The molecule has 1 aliphatic rings. The molecule has 36 heavy (non-hydrogen) atoms. The van der Waals surface area contributed by atoms with E-state index in [9.17, 15) is 18.0 Å². The van der Waals surface area contributed by atoms with Gasteiger partial charge in [-0.15, -0.1) is 0 Å². The van der Waals surface area contributed by atoms with Crippen molar-refractivity contribution in [2.75, 3.05) is 11.9 Å². The first-order chi connectivity index (χ1) is 17.3. The highest BCUT2D eigenvalue weighted by molar-refractivity contribution is 7.89. The summed E-state index contributed by atoms with van der Waals surface area (Å²) in [7, 11) is -3.89. The lowest BCUT2D eigenvalue weighted by molar-refractivity contribution is -0.122. The number of benzene rings is 3. The van der Waals surface area contributed by atoms with Gasteiger partial charge in [0, 0.05) is 25.1 Å². The van der Waals surface area contributed by atoms with E-state index in [0.717, 1.165) is 16.7 Å². The molecular weight excluding hydrogens is 474 g/mol. The van der Waals surface area contributed by atoms with Crippen molar-refractivity contribution in [3.8, 4) is 0 Å². The molecule has 4 rings (SSSR count). The maximum Gasteiger partial charge on any atom is 0.243 e. The second kappa shape index (κ2) is 11.1. The number of hydrogen-bond acceptors (Lipinski definition) is 4. The lowest BCUT2D eigenvalue weighted by Crippen LogP contribution is -2.42. The van der Waals surface area contributed by atoms with Gasteiger partial charge in [0.2, 0.25) is 21.8 Å². The summed E-state index contributed by atoms with van der Waals surface area (Å²) in [6.07, 6.45) is 0.913. The average Bonchev–Trinajstić information content (AvgIpc) is 2.89. The van der Waals surface area contributed by atoms with Crippen LogP contribution in [0.15, 0.2) is 83.8 Å². The van der Waals surface area contributed by atoms with Crippen molar-refractivity contribution in [2.24, 2.45) is 0 Å². The number of anilines is 1. The van der Waals surface area contributed by atoms with Crippen molar-refractivity contribution in [2.45, 2.75) is 50.1 Å². The van der Waals surface area contributed by atoms with Crippen LogP contribution in [0.1, 0.15) is 55.5 Å². The van der Waals surface area contributed by atoms with Gasteiger partial charge in [-0.1, -0.05) is 61.5 Å². The fourth-order valence-electron chi connectivity index (χ4n) is 4.52. The molecule has 2 N–H and O–H groups in total. The van der Waals surface area contributed by atoms with Crippen LogP contribution in [0.5, 0.6) is 0 Å². The summed E-state index contributed by atoms with van der Waals surface area (Å²) in [4.78, 5) is 24.9. The molecule has 0 aromatic heterocycles. The third-order valence-electron chi connectivity index (χ3n) is 6.48. The lowest BCUT2D eigenvalue weighted by atomic mass is 9.92. The standard InChI is InChI=1S/C28H31N3O4S/c1-3-27(32)30-23-13-15-24(16-14-23)36(34,35)31-18-17-22-11-7-8-12-25(22)26(31)19-28(33)29-20(2)21-9-5-4-6-10-21/h4-16,20,26H,3,17-19H2,1-2H3,(H,29,33)(H,30,32)/t20-,26-/m0/s1. The molecule has 7 nitrogen and oxygen atoms in total. The highest BCUT2D eigenvalue weighted by atomic mass is 32.2. The zero-order valence-electron chi connectivity index (χ0n) is 20.5. The molecule has 3 aromatic rings. The van der Waals surface area contributed by atoms with Crippen molar-refractivity contribution in [1.82, 2.24) is 9.62 Å². The first-order valence-corrected chi connectivity index (χ1v) is 13.6. The van der Waals surface area contributed by atoms with E-state index in [-0.39, 0.29) is 35.7 Å². The van der Waals surface area contributed by atoms with Crippen LogP contribution in [0.4, 0.5) is 5.69 Å². The zero-order chi connectivity index (χ0) is 25.7. The van der Waals surface area contributed by atoms with Gasteiger partial charge in [-0.25, -0.2) is 8.42 Å². The molecule has 0 unspecified atom stereocenters. The Morgan fingerprint density at radius 1 is 0.944 bits per heavy atom. The van der Waals surface area contributed by atoms with Crippen LogP contribution in [0, 0.1) is 0 Å². The largest absolute Gasteiger partial charge is 0.350 e. The van der Waals surface area contributed by atoms with Gasteiger partial charge in [-0.3, -0.25) is 9.59 Å². The summed E-state index contributed by atoms with van der Waals surface area (Å²) in [6.45, 7) is 3.94. The normalized spacial score (nSPS) is 16.6. The molecule has 0 radical (unpaired) electrons. The second-order valence-corrected chi connectivity index (χ2v) is 10.8. The Balaban J connectivity index is 1.59. The number of carbonyl (C=O) groups excluding carboxylic acids is 2. The summed E-state index contributed by atoms with van der Waals surface area (Å²) in [5.74, 6) is -0.361. The maximum atomic E-state index is 13.7. The van der Waals surface area contributed by atoms with E-state index in [1.807, 2.05) is 61.5 Å². The lowest BCUT2D eigenvalue weighted by Gasteiger charge is -2.36. The van der Waals surface area contributed by atoms with Crippen LogP contribution in [-0.4, -0.2) is 31.1 Å². The summed E-state index contributed by atoms with van der Waals surface area (Å²) >= 11 is 0. The van der Waals surface area contributed by atoms with E-state index < -0.39 is 16.1 Å². The Kier molecular flexibility index (Phi) is 7.86. The van der Waals surface area contributed by atoms with Gasteiger partial charge in [0.15, 0.2) is 0 Å². The number of sulfonamides is 1. The Morgan fingerprint density at radius 3 is 2.31 bits per heavy atom. The zero-order valence-corrected chi connectivity index (χ0v) is 21.3. The molecule has 188 valence electrons. The molecular formula is C28H31N3O4S. The Labute approximate surface area is 212 Å². The number of hydrogen-bond donors (Lipinski definition) is 2. The van der Waals surface area contributed by atoms with Gasteiger partial charge < -0.3 is 10.6 Å². The monoisotopic (exact) mass is 505 g/mol. The summed E-state index contributed by atoms with van der Waals surface area (Å²) in [5, 5.41) is 5.75. The van der Waals surface area contributed by atoms with E-state index in [0.29, 0.717) is 18.5 Å². The highest BCUT2D eigenvalue weighted by Gasteiger charge is 2.37. The van der Waals surface area contributed by atoms with Crippen LogP contribution in [-0.2, 0) is 26.0 Å². The number of fused-ring (bicyclic) bond motifs is 1. The smallest absolute Gasteiger partial charge is 0.243 e. The second-order valence-electron chi connectivity index (χ2n) is 8.91. The van der Waals surface area contributed by atoms with E-state index in [1.54, 1.807) is 19.1 Å². The Bertz CT molecular complexity index is 1320. The van der Waals surface area contributed by atoms with Crippen molar-refractivity contribution < 1.29 is 18.0 Å². The molecule has 0 spiro atoms. The molecule has 0 bridgehead atoms. The van der Waals surface area contributed by atoms with Crippen molar-refractivity contribution in [1.29, 1.82) is 0 Å². The minimum atomic E-state index is -3.89. The summed E-state index contributed by atoms with van der Waals surface area (Å²) in [5.41, 5.74) is 3.42. The molecule has 2 amide bonds. The van der Waals surface area contributed by atoms with E-state index in [2.05, 4.69) is 10.6 Å². The summed E-state index contributed by atoms with van der Waals surface area (Å²) < 4.78 is 28.9. The van der Waals surface area contributed by atoms with Gasteiger partial charge >= 0.3 is 0 Å². The molecule has 3 aromatic carbocycles. The van der Waals surface area contributed by atoms with Crippen molar-refractivity contribution in [3.05, 3.63) is 95.6 Å². The first-order valence-electron chi connectivity index (χ1n) is 12.1. The van der Waals surface area contributed by atoms with E-state index in [4.69, 9.17) is 0 Å². The van der Waals surface area contributed by atoms with Crippen LogP contribution in [0.25, 0.3) is 0 Å². The van der Waals surface area contributed by atoms with Crippen molar-refractivity contribution >= 4 is 27.5 Å². The predicted molar refractivity (Wildman–Crippen MR) is 140 cm³/mol. The minimum absolute atomic E-state index is 0.0120. The number of rotatable bonds is 8. The Hall–Kier alpha value is -3.49. The summed E-state index contributed by atoms with van der Waals surface area (Å²) in [6, 6.07) is 22.7. The van der Waals surface area contributed by atoms with E-state index >= 15 is 0 Å². The average molecular weight is 506 g/mol.